The van der Waals surface area contributed by atoms with Crippen LogP contribution >= 0.6 is 11.6 Å². The minimum absolute atomic E-state index is 0.526. The fourth-order valence-corrected chi connectivity index (χ4v) is 2.41. The van der Waals surface area contributed by atoms with Crippen LogP contribution < -0.4 is 0 Å². The highest BCUT2D eigenvalue weighted by Gasteiger charge is 2.10. The number of hydrogen-bond acceptors (Lipinski definition) is 3. The lowest BCUT2D eigenvalue weighted by atomic mass is 10.1. The molecule has 0 saturated heterocycles. The molecule has 3 aromatic rings. The molecule has 0 aliphatic rings. The van der Waals surface area contributed by atoms with Crippen molar-refractivity contribution in [1.29, 1.82) is 0 Å². The zero-order valence-corrected chi connectivity index (χ0v) is 12.1. The van der Waals surface area contributed by atoms with Gasteiger partial charge in [-0.25, -0.2) is 9.97 Å². The Labute approximate surface area is 122 Å². The number of benzene rings is 1. The van der Waals surface area contributed by atoms with Crippen molar-refractivity contribution in [1.82, 2.24) is 15.0 Å². The molecule has 0 spiro atoms. The summed E-state index contributed by atoms with van der Waals surface area (Å²) in [5, 5.41) is 1.60. The zero-order valence-electron chi connectivity index (χ0n) is 11.4. The molecule has 20 heavy (non-hydrogen) atoms. The quantitative estimate of drug-likeness (QED) is 0.661. The molecule has 0 bridgehead atoms. The standard InChI is InChI=1S/C16H14ClN3/c1-3-13-10(2)15(17)20-16(19-13)12-6-7-14-11(9-12)5-4-8-18-14/h4-9H,3H2,1-2H3. The van der Waals surface area contributed by atoms with Crippen LogP contribution in [-0.2, 0) is 6.42 Å². The Hall–Kier alpha value is -2.00. The summed E-state index contributed by atoms with van der Waals surface area (Å²) < 4.78 is 0. The first-order valence-corrected chi connectivity index (χ1v) is 6.95. The normalized spacial score (nSPS) is 10.9. The Morgan fingerprint density at radius 3 is 2.80 bits per heavy atom. The van der Waals surface area contributed by atoms with Crippen LogP contribution in [0.1, 0.15) is 18.2 Å². The van der Waals surface area contributed by atoms with E-state index in [1.165, 1.54) is 0 Å². The van der Waals surface area contributed by atoms with Gasteiger partial charge < -0.3 is 0 Å². The summed E-state index contributed by atoms with van der Waals surface area (Å²) in [5.74, 6) is 0.670. The van der Waals surface area contributed by atoms with Crippen molar-refractivity contribution in [3.8, 4) is 11.4 Å². The molecule has 0 saturated carbocycles. The number of pyridine rings is 1. The van der Waals surface area contributed by atoms with Crippen LogP contribution in [-0.4, -0.2) is 15.0 Å². The Bertz CT molecular complexity index is 784. The third-order valence-corrected chi connectivity index (χ3v) is 3.75. The van der Waals surface area contributed by atoms with Crippen molar-refractivity contribution in [3.63, 3.8) is 0 Å². The third-order valence-electron chi connectivity index (χ3n) is 3.38. The van der Waals surface area contributed by atoms with Gasteiger partial charge in [-0.2, -0.15) is 0 Å². The molecule has 4 heteroatoms. The van der Waals surface area contributed by atoms with E-state index >= 15 is 0 Å². The van der Waals surface area contributed by atoms with Crippen molar-refractivity contribution in [2.75, 3.05) is 0 Å². The number of halogens is 1. The van der Waals surface area contributed by atoms with Crippen LogP contribution in [0.15, 0.2) is 36.5 Å². The van der Waals surface area contributed by atoms with E-state index in [1.54, 1.807) is 6.20 Å². The molecule has 3 rings (SSSR count). The number of aromatic nitrogens is 3. The van der Waals surface area contributed by atoms with Gasteiger partial charge >= 0.3 is 0 Å². The monoisotopic (exact) mass is 283 g/mol. The first-order chi connectivity index (χ1) is 9.69. The van der Waals surface area contributed by atoms with Gasteiger partial charge in [0.25, 0.3) is 0 Å². The van der Waals surface area contributed by atoms with Crippen LogP contribution in [0.3, 0.4) is 0 Å². The first-order valence-electron chi connectivity index (χ1n) is 6.57. The first kappa shape index (κ1) is 13.0. The number of rotatable bonds is 2. The summed E-state index contributed by atoms with van der Waals surface area (Å²) >= 11 is 6.20. The van der Waals surface area contributed by atoms with E-state index in [1.807, 2.05) is 37.3 Å². The largest absolute Gasteiger partial charge is 0.256 e. The van der Waals surface area contributed by atoms with Gasteiger partial charge in [0.05, 0.1) is 5.52 Å². The molecule has 0 radical (unpaired) electrons. The van der Waals surface area contributed by atoms with E-state index in [0.717, 1.165) is 34.1 Å². The number of nitrogens with zero attached hydrogens (tertiary/aromatic N) is 3. The summed E-state index contributed by atoms with van der Waals surface area (Å²) in [5.41, 5.74) is 3.87. The van der Waals surface area contributed by atoms with Crippen LogP contribution in [0.5, 0.6) is 0 Å². The Morgan fingerprint density at radius 2 is 2.00 bits per heavy atom. The molecule has 0 unspecified atom stereocenters. The zero-order chi connectivity index (χ0) is 14.1. The predicted octanol–water partition coefficient (Wildman–Crippen LogP) is 4.22. The number of fused-ring (bicyclic) bond motifs is 1. The molecule has 0 atom stereocenters. The van der Waals surface area contributed by atoms with Crippen LogP contribution in [0.25, 0.3) is 22.3 Å². The molecule has 0 fully saturated rings. The molecule has 1 aromatic carbocycles. The summed E-state index contributed by atoms with van der Waals surface area (Å²) in [4.78, 5) is 13.3. The summed E-state index contributed by atoms with van der Waals surface area (Å²) in [6, 6.07) is 9.96. The third kappa shape index (κ3) is 2.25. The minimum Gasteiger partial charge on any atom is -0.256 e. The lowest BCUT2D eigenvalue weighted by Gasteiger charge is -2.08. The maximum absolute atomic E-state index is 6.20. The van der Waals surface area contributed by atoms with E-state index in [0.29, 0.717) is 11.0 Å². The molecule has 0 amide bonds. The van der Waals surface area contributed by atoms with Crippen LogP contribution in [0.2, 0.25) is 5.15 Å². The SMILES string of the molecule is CCc1nc(-c2ccc3ncccc3c2)nc(Cl)c1C. The van der Waals surface area contributed by atoms with Crippen molar-refractivity contribution >= 4 is 22.5 Å². The van der Waals surface area contributed by atoms with Gasteiger partial charge in [-0.15, -0.1) is 0 Å². The van der Waals surface area contributed by atoms with E-state index in [9.17, 15) is 0 Å². The fourth-order valence-electron chi connectivity index (χ4n) is 2.22. The van der Waals surface area contributed by atoms with Crippen molar-refractivity contribution in [2.45, 2.75) is 20.3 Å². The molecule has 100 valence electrons. The highest BCUT2D eigenvalue weighted by atomic mass is 35.5. The van der Waals surface area contributed by atoms with E-state index in [2.05, 4.69) is 21.9 Å². The van der Waals surface area contributed by atoms with E-state index < -0.39 is 0 Å². The Kier molecular flexibility index (Phi) is 3.36. The van der Waals surface area contributed by atoms with Crippen LogP contribution in [0, 0.1) is 6.92 Å². The average molecular weight is 284 g/mol. The number of aryl methyl sites for hydroxylation is 1. The number of hydrogen-bond donors (Lipinski definition) is 0. The van der Waals surface area contributed by atoms with Gasteiger partial charge in [0.15, 0.2) is 5.82 Å². The smallest absolute Gasteiger partial charge is 0.161 e. The van der Waals surface area contributed by atoms with Crippen molar-refractivity contribution < 1.29 is 0 Å². The molecule has 0 aliphatic heterocycles. The topological polar surface area (TPSA) is 38.7 Å². The van der Waals surface area contributed by atoms with Gasteiger partial charge in [0.1, 0.15) is 5.15 Å². The van der Waals surface area contributed by atoms with Gasteiger partial charge in [-0.3, -0.25) is 4.98 Å². The predicted molar refractivity (Wildman–Crippen MR) is 81.9 cm³/mol. The Morgan fingerprint density at radius 1 is 1.15 bits per heavy atom. The van der Waals surface area contributed by atoms with Crippen molar-refractivity contribution in [3.05, 3.63) is 52.9 Å². The fraction of sp³-hybridized carbons (Fsp3) is 0.188. The molecule has 2 heterocycles. The lowest BCUT2D eigenvalue weighted by molar-refractivity contribution is 0.977. The average Bonchev–Trinajstić information content (AvgIpc) is 2.49. The molecule has 0 aliphatic carbocycles. The van der Waals surface area contributed by atoms with Gasteiger partial charge in [-0.05, 0) is 37.6 Å². The summed E-state index contributed by atoms with van der Waals surface area (Å²) in [6.07, 6.45) is 2.63. The van der Waals surface area contributed by atoms with Crippen LogP contribution in [0.4, 0.5) is 0 Å². The summed E-state index contributed by atoms with van der Waals surface area (Å²) in [6.45, 7) is 4.02. The highest BCUT2D eigenvalue weighted by Crippen LogP contribution is 2.24. The van der Waals surface area contributed by atoms with E-state index in [4.69, 9.17) is 11.6 Å². The van der Waals surface area contributed by atoms with Gasteiger partial charge in [0, 0.05) is 28.4 Å². The second-order valence-corrected chi connectivity index (χ2v) is 5.03. The second-order valence-electron chi connectivity index (χ2n) is 4.67. The van der Waals surface area contributed by atoms with Crippen molar-refractivity contribution in [2.24, 2.45) is 0 Å². The lowest BCUT2D eigenvalue weighted by Crippen LogP contribution is -1.99. The molecule has 3 nitrogen and oxygen atoms in total. The van der Waals surface area contributed by atoms with E-state index in [-0.39, 0.29) is 0 Å². The minimum atomic E-state index is 0.526. The highest BCUT2D eigenvalue weighted by molar-refractivity contribution is 6.30. The van der Waals surface area contributed by atoms with Gasteiger partial charge in [-0.1, -0.05) is 24.6 Å². The van der Waals surface area contributed by atoms with Gasteiger partial charge in [0.2, 0.25) is 0 Å². The maximum Gasteiger partial charge on any atom is 0.161 e. The Balaban J connectivity index is 2.17. The molecule has 2 aromatic heterocycles. The molecular weight excluding hydrogens is 270 g/mol. The molecule has 0 N–H and O–H groups in total. The summed E-state index contributed by atoms with van der Waals surface area (Å²) in [7, 11) is 0. The second kappa shape index (κ2) is 5.17. The maximum atomic E-state index is 6.20. The molecular formula is C16H14ClN3.